The van der Waals surface area contributed by atoms with Crippen LogP contribution in [0, 0.1) is 13.8 Å². The van der Waals surface area contributed by atoms with E-state index in [1.54, 1.807) is 17.9 Å². The normalized spacial score (nSPS) is 11.5. The SMILES string of the molecule is Cc1noc(C)c1CCn1cnc2c1c(=O)n(C)c(=O)n2C. The minimum Gasteiger partial charge on any atom is -0.361 e. The van der Waals surface area contributed by atoms with Crippen molar-refractivity contribution < 1.29 is 4.52 Å². The third kappa shape index (κ3) is 1.99. The summed E-state index contributed by atoms with van der Waals surface area (Å²) in [6, 6.07) is 0. The predicted molar refractivity (Wildman–Crippen MR) is 79.9 cm³/mol. The van der Waals surface area contributed by atoms with Crippen LogP contribution in [0.3, 0.4) is 0 Å². The van der Waals surface area contributed by atoms with Crippen molar-refractivity contribution in [3.05, 3.63) is 44.2 Å². The van der Waals surface area contributed by atoms with Crippen LogP contribution in [-0.4, -0.2) is 23.8 Å². The smallest absolute Gasteiger partial charge is 0.332 e. The van der Waals surface area contributed by atoms with Gasteiger partial charge in [-0.15, -0.1) is 0 Å². The highest BCUT2D eigenvalue weighted by Gasteiger charge is 2.15. The molecule has 3 heterocycles. The second kappa shape index (κ2) is 4.97. The second-order valence-electron chi connectivity index (χ2n) is 5.37. The maximum atomic E-state index is 12.3. The summed E-state index contributed by atoms with van der Waals surface area (Å²) in [6.45, 7) is 4.32. The van der Waals surface area contributed by atoms with Gasteiger partial charge in [-0.1, -0.05) is 5.16 Å². The summed E-state index contributed by atoms with van der Waals surface area (Å²) in [6.07, 6.45) is 2.27. The first-order valence-electron chi connectivity index (χ1n) is 6.94. The highest BCUT2D eigenvalue weighted by atomic mass is 16.5. The Morgan fingerprint density at radius 3 is 2.55 bits per heavy atom. The summed E-state index contributed by atoms with van der Waals surface area (Å²) in [5.74, 6) is 0.780. The molecule has 3 aromatic rings. The molecule has 0 aliphatic heterocycles. The number of hydrogen-bond donors (Lipinski definition) is 0. The van der Waals surface area contributed by atoms with Gasteiger partial charge in [-0.3, -0.25) is 13.9 Å². The largest absolute Gasteiger partial charge is 0.361 e. The van der Waals surface area contributed by atoms with E-state index in [4.69, 9.17) is 4.52 Å². The molecule has 3 rings (SSSR count). The fourth-order valence-electron chi connectivity index (χ4n) is 2.66. The number of imidazole rings is 1. The van der Waals surface area contributed by atoms with Gasteiger partial charge in [0.2, 0.25) is 0 Å². The Labute approximate surface area is 125 Å². The fraction of sp³-hybridized carbons (Fsp3) is 0.429. The van der Waals surface area contributed by atoms with Gasteiger partial charge in [0.25, 0.3) is 5.56 Å². The first-order valence-corrected chi connectivity index (χ1v) is 6.94. The van der Waals surface area contributed by atoms with Crippen molar-refractivity contribution in [1.82, 2.24) is 23.8 Å². The van der Waals surface area contributed by atoms with Crippen LogP contribution in [0.4, 0.5) is 0 Å². The Kier molecular flexibility index (Phi) is 3.23. The minimum atomic E-state index is -0.381. The molecule has 0 aliphatic rings. The van der Waals surface area contributed by atoms with E-state index in [1.807, 2.05) is 13.8 Å². The van der Waals surface area contributed by atoms with E-state index in [1.165, 1.54) is 11.6 Å². The molecule has 0 amide bonds. The quantitative estimate of drug-likeness (QED) is 0.693. The Morgan fingerprint density at radius 2 is 1.91 bits per heavy atom. The average Bonchev–Trinajstić information content (AvgIpc) is 3.05. The molecule has 0 aromatic carbocycles. The highest BCUT2D eigenvalue weighted by molar-refractivity contribution is 5.69. The number of hydrogen-bond acceptors (Lipinski definition) is 5. The van der Waals surface area contributed by atoms with Gasteiger partial charge < -0.3 is 9.09 Å². The Morgan fingerprint density at radius 1 is 1.18 bits per heavy atom. The van der Waals surface area contributed by atoms with E-state index in [0.29, 0.717) is 24.1 Å². The number of rotatable bonds is 3. The van der Waals surface area contributed by atoms with Gasteiger partial charge in [0.05, 0.1) is 12.0 Å². The van der Waals surface area contributed by atoms with Crippen LogP contribution >= 0.6 is 0 Å². The second-order valence-corrected chi connectivity index (χ2v) is 5.37. The third-order valence-corrected chi connectivity index (χ3v) is 4.00. The summed E-state index contributed by atoms with van der Waals surface area (Å²) >= 11 is 0. The Hall–Kier alpha value is -2.64. The van der Waals surface area contributed by atoms with Crippen LogP contribution in [0.1, 0.15) is 17.0 Å². The predicted octanol–water partition coefficient (Wildman–Crippen LogP) is 0.281. The van der Waals surface area contributed by atoms with Crippen LogP contribution in [0.5, 0.6) is 0 Å². The monoisotopic (exact) mass is 303 g/mol. The average molecular weight is 303 g/mol. The van der Waals surface area contributed by atoms with Crippen LogP contribution in [0.15, 0.2) is 20.4 Å². The number of aryl methyl sites for hydroxylation is 4. The molecule has 0 atom stereocenters. The third-order valence-electron chi connectivity index (χ3n) is 4.00. The molecule has 8 heteroatoms. The van der Waals surface area contributed by atoms with Crippen molar-refractivity contribution in [2.75, 3.05) is 0 Å². The van der Waals surface area contributed by atoms with Gasteiger partial charge in [-0.2, -0.15) is 0 Å². The number of nitrogens with zero attached hydrogens (tertiary/aromatic N) is 5. The lowest BCUT2D eigenvalue weighted by atomic mass is 10.1. The topological polar surface area (TPSA) is 87.8 Å². The van der Waals surface area contributed by atoms with Crippen LogP contribution in [0.25, 0.3) is 11.2 Å². The van der Waals surface area contributed by atoms with E-state index in [-0.39, 0.29) is 11.2 Å². The van der Waals surface area contributed by atoms with Crippen molar-refractivity contribution in [2.45, 2.75) is 26.8 Å². The van der Waals surface area contributed by atoms with Gasteiger partial charge >= 0.3 is 5.69 Å². The summed E-state index contributed by atoms with van der Waals surface area (Å²) in [7, 11) is 3.07. The molecule has 0 unspecified atom stereocenters. The Bertz CT molecular complexity index is 953. The molecule has 22 heavy (non-hydrogen) atoms. The molecule has 0 aliphatic carbocycles. The summed E-state index contributed by atoms with van der Waals surface area (Å²) in [4.78, 5) is 28.4. The lowest BCUT2D eigenvalue weighted by Crippen LogP contribution is -2.37. The Balaban J connectivity index is 2.06. The van der Waals surface area contributed by atoms with Crippen LogP contribution in [-0.2, 0) is 27.1 Å². The maximum absolute atomic E-state index is 12.3. The van der Waals surface area contributed by atoms with Crippen LogP contribution < -0.4 is 11.2 Å². The van der Waals surface area contributed by atoms with E-state index >= 15 is 0 Å². The maximum Gasteiger partial charge on any atom is 0.332 e. The minimum absolute atomic E-state index is 0.339. The standard InChI is InChI=1S/C14H17N5O3/c1-8-10(9(2)22-16-8)5-6-19-7-15-12-11(19)13(20)18(4)14(21)17(12)3/h7H,5-6H2,1-4H3. The molecule has 0 saturated heterocycles. The van der Waals surface area contributed by atoms with E-state index < -0.39 is 0 Å². The van der Waals surface area contributed by atoms with Crippen molar-refractivity contribution in [1.29, 1.82) is 0 Å². The van der Waals surface area contributed by atoms with Crippen molar-refractivity contribution in [2.24, 2.45) is 14.1 Å². The zero-order valence-corrected chi connectivity index (χ0v) is 13.0. The summed E-state index contributed by atoms with van der Waals surface area (Å²) in [5.41, 5.74) is 1.98. The van der Waals surface area contributed by atoms with Gasteiger partial charge in [0.1, 0.15) is 5.76 Å². The van der Waals surface area contributed by atoms with E-state index in [9.17, 15) is 9.59 Å². The highest BCUT2D eigenvalue weighted by Crippen LogP contribution is 2.14. The molecule has 0 radical (unpaired) electrons. The molecule has 0 bridgehead atoms. The zero-order chi connectivity index (χ0) is 16.0. The number of aromatic nitrogens is 5. The lowest BCUT2D eigenvalue weighted by molar-refractivity contribution is 0.392. The van der Waals surface area contributed by atoms with Gasteiger partial charge in [-0.05, 0) is 20.3 Å². The molecule has 8 nitrogen and oxygen atoms in total. The van der Waals surface area contributed by atoms with Crippen molar-refractivity contribution in [3.63, 3.8) is 0 Å². The van der Waals surface area contributed by atoms with Crippen molar-refractivity contribution in [3.8, 4) is 0 Å². The molecular formula is C14H17N5O3. The molecule has 0 fully saturated rings. The van der Waals surface area contributed by atoms with E-state index in [2.05, 4.69) is 10.1 Å². The summed E-state index contributed by atoms with van der Waals surface area (Å²) in [5, 5.41) is 3.92. The van der Waals surface area contributed by atoms with Crippen molar-refractivity contribution >= 4 is 11.2 Å². The van der Waals surface area contributed by atoms with E-state index in [0.717, 1.165) is 21.6 Å². The molecule has 0 spiro atoms. The molecule has 0 saturated carbocycles. The van der Waals surface area contributed by atoms with Gasteiger partial charge in [0.15, 0.2) is 11.2 Å². The summed E-state index contributed by atoms with van der Waals surface area (Å²) < 4.78 is 9.38. The molecule has 3 aromatic heterocycles. The zero-order valence-electron chi connectivity index (χ0n) is 13.0. The molecular weight excluding hydrogens is 286 g/mol. The number of fused-ring (bicyclic) bond motifs is 1. The first kappa shape index (κ1) is 14.3. The molecule has 0 N–H and O–H groups in total. The fourth-order valence-corrected chi connectivity index (χ4v) is 2.66. The molecule has 116 valence electrons. The lowest BCUT2D eigenvalue weighted by Gasteiger charge is -2.06. The van der Waals surface area contributed by atoms with Gasteiger partial charge in [-0.25, -0.2) is 9.78 Å². The van der Waals surface area contributed by atoms with Crippen LogP contribution in [0.2, 0.25) is 0 Å². The van der Waals surface area contributed by atoms with Gasteiger partial charge in [0, 0.05) is 26.2 Å². The first-order chi connectivity index (χ1) is 10.4.